The highest BCUT2D eigenvalue weighted by atomic mass is 19.4. The monoisotopic (exact) mass is 434 g/mol. The molecule has 2 atom stereocenters. The van der Waals surface area contributed by atoms with E-state index in [4.69, 9.17) is 9.47 Å². The second-order valence-corrected chi connectivity index (χ2v) is 7.70. The molecule has 0 saturated carbocycles. The molecule has 1 fully saturated rings. The van der Waals surface area contributed by atoms with E-state index in [-0.39, 0.29) is 6.04 Å². The van der Waals surface area contributed by atoms with Crippen LogP contribution in [0.5, 0.6) is 11.5 Å². The average molecular weight is 434 g/mol. The lowest BCUT2D eigenvalue weighted by Gasteiger charge is -2.42. The van der Waals surface area contributed by atoms with E-state index in [1.807, 2.05) is 24.3 Å². The van der Waals surface area contributed by atoms with Gasteiger partial charge in [0.25, 0.3) is 0 Å². The van der Waals surface area contributed by atoms with Crippen molar-refractivity contribution in [1.29, 1.82) is 0 Å². The van der Waals surface area contributed by atoms with E-state index in [9.17, 15) is 18.3 Å². The number of ether oxygens (including phenoxy) is 2. The van der Waals surface area contributed by atoms with Crippen molar-refractivity contribution in [2.45, 2.75) is 18.3 Å². The van der Waals surface area contributed by atoms with Crippen molar-refractivity contribution in [3.05, 3.63) is 59.2 Å². The van der Waals surface area contributed by atoms with Gasteiger partial charge in [-0.1, -0.05) is 12.2 Å². The second kappa shape index (κ2) is 8.43. The Kier molecular flexibility index (Phi) is 5.85. The highest BCUT2D eigenvalue weighted by Gasteiger charge is 2.33. The lowest BCUT2D eigenvalue weighted by molar-refractivity contribution is -0.137. The number of hydrogen-bond donors (Lipinski definition) is 1. The molecule has 8 heteroatoms. The third-order valence-electron chi connectivity index (χ3n) is 6.00. The number of methoxy groups -OCH3 is 2. The molecule has 2 aromatic rings. The Morgan fingerprint density at radius 2 is 1.55 bits per heavy atom. The van der Waals surface area contributed by atoms with Gasteiger partial charge < -0.3 is 19.5 Å². The van der Waals surface area contributed by atoms with Crippen LogP contribution in [0.1, 0.15) is 22.8 Å². The van der Waals surface area contributed by atoms with Crippen LogP contribution >= 0.6 is 0 Å². The molecule has 1 aliphatic heterocycles. The molecule has 2 aliphatic rings. The fourth-order valence-electron chi connectivity index (χ4n) is 4.26. The molecule has 1 saturated heterocycles. The summed E-state index contributed by atoms with van der Waals surface area (Å²) in [7, 11) is 3.14. The number of fused-ring (bicyclic) bond motifs is 1. The summed E-state index contributed by atoms with van der Waals surface area (Å²) in [6, 6.07) is 8.76. The van der Waals surface area contributed by atoms with Crippen molar-refractivity contribution in [3.8, 4) is 11.5 Å². The maximum Gasteiger partial charge on any atom is 0.416 e. The van der Waals surface area contributed by atoms with Crippen molar-refractivity contribution in [1.82, 2.24) is 4.90 Å². The molecule has 31 heavy (non-hydrogen) atoms. The number of rotatable bonds is 4. The molecule has 0 aromatic heterocycles. The maximum atomic E-state index is 12.8. The highest BCUT2D eigenvalue weighted by molar-refractivity contribution is 5.64. The maximum absolute atomic E-state index is 12.8. The average Bonchev–Trinajstić information content (AvgIpc) is 2.78. The van der Waals surface area contributed by atoms with E-state index in [0.29, 0.717) is 37.7 Å². The summed E-state index contributed by atoms with van der Waals surface area (Å²) in [4.78, 5) is 4.26. The number of piperazine rings is 1. The van der Waals surface area contributed by atoms with Crippen LogP contribution in [0.25, 0.3) is 6.08 Å². The van der Waals surface area contributed by atoms with E-state index in [2.05, 4.69) is 9.80 Å². The highest BCUT2D eigenvalue weighted by Crippen LogP contribution is 2.39. The first-order valence-electron chi connectivity index (χ1n) is 10.1. The summed E-state index contributed by atoms with van der Waals surface area (Å²) in [6.07, 6.45) is -1.06. The molecule has 2 aromatic carbocycles. The predicted octanol–water partition coefficient (Wildman–Crippen LogP) is 3.97. The molecule has 0 radical (unpaired) electrons. The van der Waals surface area contributed by atoms with Crippen molar-refractivity contribution < 1.29 is 27.8 Å². The smallest absolute Gasteiger partial charge is 0.416 e. The van der Waals surface area contributed by atoms with Crippen molar-refractivity contribution in [2.75, 3.05) is 45.3 Å². The standard InChI is InChI=1S/C23H25F3N2O3/c1-30-20-13-15-3-8-19(22(29)18(15)14-21(20)31-2)28-11-9-27(10-12-28)17-6-4-16(5-7-17)23(24,25)26/h3-8,13-14,19,22,29H,9-12H2,1-2H3/t19-,22-/m1/s1. The fourth-order valence-corrected chi connectivity index (χ4v) is 4.26. The summed E-state index contributed by atoms with van der Waals surface area (Å²) in [5.74, 6) is 1.18. The Balaban J connectivity index is 1.44. The summed E-state index contributed by atoms with van der Waals surface area (Å²) < 4.78 is 49.1. The Morgan fingerprint density at radius 3 is 2.13 bits per heavy atom. The Bertz CT molecular complexity index is 952. The number of alkyl halides is 3. The molecule has 1 aliphatic carbocycles. The molecule has 5 nitrogen and oxygen atoms in total. The third-order valence-corrected chi connectivity index (χ3v) is 6.00. The SMILES string of the molecule is COc1cc2c(cc1OC)[C@@H](O)[C@H](N1CCN(c3ccc(C(F)(F)F)cc3)CC1)C=C2. The zero-order chi connectivity index (χ0) is 22.2. The number of aliphatic hydroxyl groups excluding tert-OH is 1. The van der Waals surface area contributed by atoms with Gasteiger partial charge in [0.05, 0.1) is 31.9 Å². The van der Waals surface area contributed by atoms with Gasteiger partial charge in [0.1, 0.15) is 0 Å². The van der Waals surface area contributed by atoms with E-state index < -0.39 is 17.8 Å². The minimum atomic E-state index is -4.33. The van der Waals surface area contributed by atoms with Gasteiger partial charge in [-0.25, -0.2) is 0 Å². The van der Waals surface area contributed by atoms with Crippen molar-refractivity contribution >= 4 is 11.8 Å². The third kappa shape index (κ3) is 4.22. The molecule has 4 rings (SSSR count). The van der Waals surface area contributed by atoms with Gasteiger partial charge in [-0.3, -0.25) is 4.90 Å². The van der Waals surface area contributed by atoms with Crippen LogP contribution in [0.2, 0.25) is 0 Å². The van der Waals surface area contributed by atoms with E-state index in [0.717, 1.165) is 28.9 Å². The second-order valence-electron chi connectivity index (χ2n) is 7.70. The van der Waals surface area contributed by atoms with Crippen LogP contribution in [-0.2, 0) is 6.18 Å². The quantitative estimate of drug-likeness (QED) is 0.789. The first kappa shape index (κ1) is 21.5. The van der Waals surface area contributed by atoms with Crippen LogP contribution < -0.4 is 14.4 Å². The predicted molar refractivity (Wildman–Crippen MR) is 113 cm³/mol. The van der Waals surface area contributed by atoms with Gasteiger partial charge in [-0.2, -0.15) is 13.2 Å². The van der Waals surface area contributed by atoms with E-state index >= 15 is 0 Å². The van der Waals surface area contributed by atoms with Crippen LogP contribution in [0.3, 0.4) is 0 Å². The molecule has 166 valence electrons. The lowest BCUT2D eigenvalue weighted by Crippen LogP contribution is -2.51. The number of nitrogens with zero attached hydrogens (tertiary/aromatic N) is 2. The molecule has 0 bridgehead atoms. The normalized spacial score (nSPS) is 21.7. The van der Waals surface area contributed by atoms with Crippen molar-refractivity contribution in [2.24, 2.45) is 0 Å². The van der Waals surface area contributed by atoms with Crippen LogP contribution in [-0.4, -0.2) is 56.4 Å². The first-order chi connectivity index (χ1) is 14.8. The van der Waals surface area contributed by atoms with Crippen LogP contribution in [0, 0.1) is 0 Å². The van der Waals surface area contributed by atoms with Gasteiger partial charge >= 0.3 is 6.18 Å². The summed E-state index contributed by atoms with van der Waals surface area (Å²) in [6.45, 7) is 2.72. The van der Waals surface area contributed by atoms with Gasteiger partial charge in [-0.15, -0.1) is 0 Å². The van der Waals surface area contributed by atoms with Gasteiger partial charge in [0, 0.05) is 31.9 Å². The summed E-state index contributed by atoms with van der Waals surface area (Å²) >= 11 is 0. The molecule has 0 amide bonds. The molecule has 0 spiro atoms. The zero-order valence-corrected chi connectivity index (χ0v) is 17.4. The largest absolute Gasteiger partial charge is 0.493 e. The minimum absolute atomic E-state index is 0.180. The van der Waals surface area contributed by atoms with E-state index in [1.54, 1.807) is 14.2 Å². The van der Waals surface area contributed by atoms with Gasteiger partial charge in [0.2, 0.25) is 0 Å². The van der Waals surface area contributed by atoms with Crippen LogP contribution in [0.4, 0.5) is 18.9 Å². The number of aliphatic hydroxyl groups is 1. The zero-order valence-electron chi connectivity index (χ0n) is 17.4. The number of halogens is 3. The summed E-state index contributed by atoms with van der Waals surface area (Å²) in [5.41, 5.74) is 1.81. The molecular weight excluding hydrogens is 409 g/mol. The van der Waals surface area contributed by atoms with Crippen LogP contribution in [0.15, 0.2) is 42.5 Å². The van der Waals surface area contributed by atoms with Gasteiger partial charge in [0.15, 0.2) is 11.5 Å². The minimum Gasteiger partial charge on any atom is -0.493 e. The first-order valence-corrected chi connectivity index (χ1v) is 10.1. The Morgan fingerprint density at radius 1 is 0.935 bits per heavy atom. The molecular formula is C23H25F3N2O3. The number of hydrogen-bond acceptors (Lipinski definition) is 5. The topological polar surface area (TPSA) is 45.2 Å². The van der Waals surface area contributed by atoms with Gasteiger partial charge in [-0.05, 0) is 47.5 Å². The molecule has 1 N–H and O–H groups in total. The van der Waals surface area contributed by atoms with Crippen molar-refractivity contribution in [3.63, 3.8) is 0 Å². The number of anilines is 1. The molecule has 1 heterocycles. The lowest BCUT2D eigenvalue weighted by atomic mass is 9.89. The number of benzene rings is 2. The Hall–Kier alpha value is -2.71. The molecule has 0 unspecified atom stereocenters. The fraction of sp³-hybridized carbons (Fsp3) is 0.391. The Labute approximate surface area is 179 Å². The van der Waals surface area contributed by atoms with E-state index in [1.165, 1.54) is 12.1 Å². The summed E-state index contributed by atoms with van der Waals surface area (Å²) in [5, 5.41) is 11.0.